The summed E-state index contributed by atoms with van der Waals surface area (Å²) in [5.74, 6) is 0.605. The molecule has 0 saturated carbocycles. The number of nitrogens with zero attached hydrogens (tertiary/aromatic N) is 1. The Bertz CT molecular complexity index is 910. The summed E-state index contributed by atoms with van der Waals surface area (Å²) in [6.07, 6.45) is 1.07. The van der Waals surface area contributed by atoms with Crippen LogP contribution in [0.25, 0.3) is 0 Å². The van der Waals surface area contributed by atoms with Gasteiger partial charge in [-0.3, -0.25) is 19.7 Å². The molecule has 0 aliphatic rings. The fourth-order valence-corrected chi connectivity index (χ4v) is 2.70. The van der Waals surface area contributed by atoms with Crippen LogP contribution in [0, 0.1) is 30.9 Å². The van der Waals surface area contributed by atoms with Gasteiger partial charge in [-0.05, 0) is 56.0 Å². The Morgan fingerprint density at radius 2 is 1.90 bits per heavy atom. The minimum atomic E-state index is -0.606. The van der Waals surface area contributed by atoms with Gasteiger partial charge in [0.05, 0.1) is 17.1 Å². The van der Waals surface area contributed by atoms with Gasteiger partial charge in [0.15, 0.2) is 12.9 Å². The normalized spacial score (nSPS) is 10.3. The van der Waals surface area contributed by atoms with Crippen molar-refractivity contribution in [3.05, 3.63) is 62.7 Å². The number of nitro groups is 1. The summed E-state index contributed by atoms with van der Waals surface area (Å²) in [6, 6.07) is 7.71. The third kappa shape index (κ3) is 6.31. The Morgan fingerprint density at radius 1 is 1.14 bits per heavy atom. The van der Waals surface area contributed by atoms with Crippen LogP contribution in [0.15, 0.2) is 30.3 Å². The standard InChI is InChI=1S/C21H24N2O6/c1-14-9-15(2)16(3)20(10-14)28-8-4-7-22-21(25)13-29-19-6-5-18(23(26)27)11-17(19)12-24/h5-6,9-12H,4,7-8,13H2,1-3H3,(H,22,25). The lowest BCUT2D eigenvalue weighted by atomic mass is 10.1. The molecule has 0 aliphatic heterocycles. The molecule has 2 aromatic carbocycles. The fourth-order valence-electron chi connectivity index (χ4n) is 2.70. The van der Waals surface area contributed by atoms with Gasteiger partial charge in [-0.1, -0.05) is 6.07 Å². The molecule has 0 atom stereocenters. The third-order valence-electron chi connectivity index (χ3n) is 4.35. The van der Waals surface area contributed by atoms with Crippen LogP contribution < -0.4 is 14.8 Å². The molecule has 0 fully saturated rings. The zero-order chi connectivity index (χ0) is 21.4. The third-order valence-corrected chi connectivity index (χ3v) is 4.35. The van der Waals surface area contributed by atoms with E-state index in [0.29, 0.717) is 25.9 Å². The van der Waals surface area contributed by atoms with Crippen molar-refractivity contribution < 1.29 is 24.0 Å². The Morgan fingerprint density at radius 3 is 2.59 bits per heavy atom. The van der Waals surface area contributed by atoms with Crippen molar-refractivity contribution in [1.82, 2.24) is 5.32 Å². The van der Waals surface area contributed by atoms with Gasteiger partial charge < -0.3 is 14.8 Å². The molecule has 0 heterocycles. The number of non-ortho nitro benzene ring substituents is 1. The summed E-state index contributed by atoms with van der Waals surface area (Å²) in [7, 11) is 0. The van der Waals surface area contributed by atoms with E-state index < -0.39 is 4.92 Å². The molecule has 29 heavy (non-hydrogen) atoms. The molecular weight excluding hydrogens is 376 g/mol. The Kier molecular flexibility index (Phi) is 7.70. The van der Waals surface area contributed by atoms with Gasteiger partial charge in [-0.2, -0.15) is 0 Å². The van der Waals surface area contributed by atoms with E-state index in [4.69, 9.17) is 9.47 Å². The lowest BCUT2D eigenvalue weighted by molar-refractivity contribution is -0.384. The first-order chi connectivity index (χ1) is 13.8. The van der Waals surface area contributed by atoms with Crippen LogP contribution in [-0.2, 0) is 4.79 Å². The molecule has 1 N–H and O–H groups in total. The largest absolute Gasteiger partial charge is 0.493 e. The number of aldehydes is 1. The van der Waals surface area contributed by atoms with Crippen molar-refractivity contribution in [2.24, 2.45) is 0 Å². The summed E-state index contributed by atoms with van der Waals surface area (Å²) >= 11 is 0. The molecule has 8 heteroatoms. The van der Waals surface area contributed by atoms with E-state index in [-0.39, 0.29) is 29.5 Å². The van der Waals surface area contributed by atoms with Crippen molar-refractivity contribution >= 4 is 17.9 Å². The van der Waals surface area contributed by atoms with E-state index in [1.807, 2.05) is 26.8 Å². The van der Waals surface area contributed by atoms with Crippen molar-refractivity contribution in [2.45, 2.75) is 27.2 Å². The maximum Gasteiger partial charge on any atom is 0.270 e. The van der Waals surface area contributed by atoms with Crippen molar-refractivity contribution in [1.29, 1.82) is 0 Å². The molecular formula is C21H24N2O6. The first-order valence-electron chi connectivity index (χ1n) is 9.15. The first-order valence-corrected chi connectivity index (χ1v) is 9.15. The van der Waals surface area contributed by atoms with Crippen molar-refractivity contribution in [2.75, 3.05) is 19.8 Å². The molecule has 0 aliphatic carbocycles. The maximum absolute atomic E-state index is 11.9. The van der Waals surface area contributed by atoms with Gasteiger partial charge in [-0.25, -0.2) is 0 Å². The van der Waals surface area contributed by atoms with Crippen LogP contribution in [0.1, 0.15) is 33.5 Å². The Balaban J connectivity index is 1.74. The van der Waals surface area contributed by atoms with Gasteiger partial charge in [0.25, 0.3) is 11.6 Å². The number of carbonyl (C=O) groups excluding carboxylic acids is 2. The van der Waals surface area contributed by atoms with Gasteiger partial charge in [0.2, 0.25) is 0 Å². The summed E-state index contributed by atoms with van der Waals surface area (Å²) in [6.45, 7) is 6.64. The van der Waals surface area contributed by atoms with Gasteiger partial charge in [0, 0.05) is 18.7 Å². The summed E-state index contributed by atoms with van der Waals surface area (Å²) in [5, 5.41) is 13.4. The monoisotopic (exact) mass is 400 g/mol. The lowest BCUT2D eigenvalue weighted by Gasteiger charge is -2.13. The second-order valence-corrected chi connectivity index (χ2v) is 6.64. The topological polar surface area (TPSA) is 108 Å². The summed E-state index contributed by atoms with van der Waals surface area (Å²) in [5.41, 5.74) is 3.20. The van der Waals surface area contributed by atoms with E-state index in [0.717, 1.165) is 22.9 Å². The number of nitro benzene ring substituents is 1. The number of hydrogen-bond acceptors (Lipinski definition) is 6. The van der Waals surface area contributed by atoms with Crippen LogP contribution in [0.2, 0.25) is 0 Å². The molecule has 0 bridgehead atoms. The smallest absolute Gasteiger partial charge is 0.270 e. The highest BCUT2D eigenvalue weighted by Crippen LogP contribution is 2.24. The predicted molar refractivity (Wildman–Crippen MR) is 108 cm³/mol. The van der Waals surface area contributed by atoms with Crippen LogP contribution >= 0.6 is 0 Å². The SMILES string of the molecule is Cc1cc(C)c(C)c(OCCCNC(=O)COc2ccc([N+](=O)[O-])cc2C=O)c1. The maximum atomic E-state index is 11.9. The molecule has 0 unspecified atom stereocenters. The van der Waals surface area contributed by atoms with Crippen molar-refractivity contribution in [3.63, 3.8) is 0 Å². The second kappa shape index (κ2) is 10.2. The fraction of sp³-hybridized carbons (Fsp3) is 0.333. The minimum absolute atomic E-state index is 0.0178. The molecule has 0 aromatic heterocycles. The number of benzene rings is 2. The molecule has 1 amide bonds. The molecule has 0 spiro atoms. The van der Waals surface area contributed by atoms with Crippen molar-refractivity contribution in [3.8, 4) is 11.5 Å². The Hall–Kier alpha value is -3.42. The van der Waals surface area contributed by atoms with Crippen LogP contribution in [0.3, 0.4) is 0 Å². The number of carbonyl (C=O) groups is 2. The molecule has 8 nitrogen and oxygen atoms in total. The van der Waals surface area contributed by atoms with Crippen LogP contribution in [0.4, 0.5) is 5.69 Å². The van der Waals surface area contributed by atoms with E-state index >= 15 is 0 Å². The number of hydrogen-bond donors (Lipinski definition) is 1. The highest BCUT2D eigenvalue weighted by Gasteiger charge is 2.12. The summed E-state index contributed by atoms with van der Waals surface area (Å²) < 4.78 is 11.1. The van der Waals surface area contributed by atoms with E-state index in [1.54, 1.807) is 0 Å². The quantitative estimate of drug-likeness (QED) is 0.284. The van der Waals surface area contributed by atoms with Crippen LogP contribution in [0.5, 0.6) is 11.5 Å². The van der Waals surface area contributed by atoms with E-state index in [2.05, 4.69) is 11.4 Å². The summed E-state index contributed by atoms with van der Waals surface area (Å²) in [4.78, 5) is 33.1. The van der Waals surface area contributed by atoms with Gasteiger partial charge in [0.1, 0.15) is 11.5 Å². The second-order valence-electron chi connectivity index (χ2n) is 6.64. The molecule has 0 radical (unpaired) electrons. The number of ether oxygens (including phenoxy) is 2. The molecule has 0 saturated heterocycles. The number of nitrogens with one attached hydrogen (secondary N) is 1. The van der Waals surface area contributed by atoms with E-state index in [1.165, 1.54) is 17.7 Å². The number of amides is 1. The average molecular weight is 400 g/mol. The lowest BCUT2D eigenvalue weighted by Crippen LogP contribution is -2.30. The van der Waals surface area contributed by atoms with Gasteiger partial charge in [-0.15, -0.1) is 0 Å². The number of aryl methyl sites for hydroxylation is 2. The minimum Gasteiger partial charge on any atom is -0.493 e. The average Bonchev–Trinajstić information content (AvgIpc) is 2.69. The molecule has 2 aromatic rings. The van der Waals surface area contributed by atoms with Crippen LogP contribution in [-0.4, -0.2) is 36.9 Å². The highest BCUT2D eigenvalue weighted by molar-refractivity contribution is 5.81. The van der Waals surface area contributed by atoms with E-state index in [9.17, 15) is 19.7 Å². The Labute approximate surface area is 169 Å². The number of rotatable bonds is 10. The highest BCUT2D eigenvalue weighted by atomic mass is 16.6. The molecule has 2 rings (SSSR count). The zero-order valence-corrected chi connectivity index (χ0v) is 16.7. The van der Waals surface area contributed by atoms with Gasteiger partial charge >= 0.3 is 0 Å². The first kappa shape index (κ1) is 21.9. The molecule has 154 valence electrons. The zero-order valence-electron chi connectivity index (χ0n) is 16.7. The predicted octanol–water partition coefficient (Wildman–Crippen LogP) is 3.30.